The number of hydrogen-bond donors (Lipinski definition) is 1. The van der Waals surface area contributed by atoms with Gasteiger partial charge in [0.25, 0.3) is 0 Å². The summed E-state index contributed by atoms with van der Waals surface area (Å²) in [6.07, 6.45) is 3.98. The molecule has 1 fully saturated rings. The first kappa shape index (κ1) is 14.3. The summed E-state index contributed by atoms with van der Waals surface area (Å²) in [5.74, 6) is 1.66. The molecule has 3 unspecified atom stereocenters. The summed E-state index contributed by atoms with van der Waals surface area (Å²) in [6.45, 7) is 5.43. The van der Waals surface area contributed by atoms with Gasteiger partial charge in [-0.2, -0.15) is 0 Å². The highest BCUT2D eigenvalue weighted by Crippen LogP contribution is 2.30. The molecule has 1 aliphatic rings. The summed E-state index contributed by atoms with van der Waals surface area (Å²) in [5.41, 5.74) is 0.976. The molecule has 2 nitrogen and oxygen atoms in total. The molecule has 0 aromatic heterocycles. The molecule has 0 spiro atoms. The third-order valence-electron chi connectivity index (χ3n) is 4.19. The Bertz CT molecular complexity index is 421. The Labute approximate surface area is 115 Å². The zero-order chi connectivity index (χ0) is 13.8. The van der Waals surface area contributed by atoms with E-state index in [2.05, 4.69) is 19.2 Å². The van der Waals surface area contributed by atoms with Crippen LogP contribution in [-0.4, -0.2) is 13.7 Å². The second-order valence-corrected chi connectivity index (χ2v) is 5.81. The van der Waals surface area contributed by atoms with E-state index in [-0.39, 0.29) is 11.9 Å². The minimum Gasteiger partial charge on any atom is -0.494 e. The first-order valence-electron chi connectivity index (χ1n) is 7.17. The van der Waals surface area contributed by atoms with Crippen LogP contribution in [0.4, 0.5) is 4.39 Å². The van der Waals surface area contributed by atoms with Crippen LogP contribution in [0.15, 0.2) is 18.2 Å². The van der Waals surface area contributed by atoms with Gasteiger partial charge in [-0.05, 0) is 55.8 Å². The van der Waals surface area contributed by atoms with Crippen molar-refractivity contribution in [1.82, 2.24) is 5.32 Å². The van der Waals surface area contributed by atoms with E-state index in [9.17, 15) is 4.39 Å². The molecule has 0 aliphatic heterocycles. The lowest BCUT2D eigenvalue weighted by Gasteiger charge is -2.18. The van der Waals surface area contributed by atoms with E-state index in [0.29, 0.717) is 5.75 Å². The van der Waals surface area contributed by atoms with Crippen molar-refractivity contribution in [3.05, 3.63) is 29.6 Å². The van der Waals surface area contributed by atoms with Gasteiger partial charge in [-0.3, -0.25) is 0 Å². The van der Waals surface area contributed by atoms with Crippen molar-refractivity contribution < 1.29 is 9.13 Å². The van der Waals surface area contributed by atoms with E-state index in [1.54, 1.807) is 12.1 Å². The number of benzene rings is 1. The van der Waals surface area contributed by atoms with Gasteiger partial charge in [0.1, 0.15) is 0 Å². The monoisotopic (exact) mass is 265 g/mol. The van der Waals surface area contributed by atoms with Gasteiger partial charge >= 0.3 is 0 Å². The zero-order valence-corrected chi connectivity index (χ0v) is 12.1. The number of halogens is 1. The summed E-state index contributed by atoms with van der Waals surface area (Å²) in [6, 6.07) is 5.36. The zero-order valence-electron chi connectivity index (χ0n) is 12.1. The van der Waals surface area contributed by atoms with Crippen molar-refractivity contribution in [2.45, 2.75) is 39.2 Å². The molecular weight excluding hydrogens is 241 g/mol. The summed E-state index contributed by atoms with van der Waals surface area (Å²) in [4.78, 5) is 0. The largest absolute Gasteiger partial charge is 0.494 e. The quantitative estimate of drug-likeness (QED) is 0.871. The number of methoxy groups -OCH3 is 1. The number of rotatable bonds is 5. The Morgan fingerprint density at radius 1 is 1.42 bits per heavy atom. The molecular formula is C16H24FNO. The van der Waals surface area contributed by atoms with Gasteiger partial charge in [0, 0.05) is 6.04 Å². The molecule has 1 aromatic carbocycles. The van der Waals surface area contributed by atoms with E-state index in [4.69, 9.17) is 4.74 Å². The SMILES string of the molecule is COc1ccc(C(C)NCC2CCC(C)C2)cc1F. The second-order valence-electron chi connectivity index (χ2n) is 5.81. The fourth-order valence-corrected chi connectivity index (χ4v) is 2.92. The smallest absolute Gasteiger partial charge is 0.165 e. The third-order valence-corrected chi connectivity index (χ3v) is 4.19. The summed E-state index contributed by atoms with van der Waals surface area (Å²) in [5, 5.41) is 3.52. The van der Waals surface area contributed by atoms with E-state index in [1.165, 1.54) is 26.4 Å². The van der Waals surface area contributed by atoms with E-state index >= 15 is 0 Å². The highest BCUT2D eigenvalue weighted by molar-refractivity contribution is 5.30. The number of hydrogen-bond acceptors (Lipinski definition) is 2. The van der Waals surface area contributed by atoms with Crippen LogP contribution >= 0.6 is 0 Å². The maximum Gasteiger partial charge on any atom is 0.165 e. The van der Waals surface area contributed by atoms with Crippen LogP contribution in [-0.2, 0) is 0 Å². The standard InChI is InChI=1S/C16H24FNO/c1-11-4-5-13(8-11)10-18-12(2)14-6-7-16(19-3)15(17)9-14/h6-7,9,11-13,18H,4-5,8,10H2,1-3H3. The Kier molecular flexibility index (Phi) is 4.81. The van der Waals surface area contributed by atoms with Crippen LogP contribution in [0.25, 0.3) is 0 Å². The Hall–Kier alpha value is -1.09. The van der Waals surface area contributed by atoms with Gasteiger partial charge in [0.05, 0.1) is 7.11 Å². The van der Waals surface area contributed by atoms with Gasteiger partial charge in [-0.25, -0.2) is 4.39 Å². The first-order chi connectivity index (χ1) is 9.10. The highest BCUT2D eigenvalue weighted by Gasteiger charge is 2.21. The maximum absolute atomic E-state index is 13.7. The van der Waals surface area contributed by atoms with Crippen LogP contribution in [0, 0.1) is 17.7 Å². The molecule has 2 rings (SSSR count). The van der Waals surface area contributed by atoms with Crippen LogP contribution in [0.2, 0.25) is 0 Å². The number of ether oxygens (including phenoxy) is 1. The van der Waals surface area contributed by atoms with Crippen molar-refractivity contribution in [2.75, 3.05) is 13.7 Å². The Balaban J connectivity index is 1.89. The molecule has 0 amide bonds. The lowest BCUT2D eigenvalue weighted by atomic mass is 10.0. The molecule has 0 saturated heterocycles. The van der Waals surface area contributed by atoms with E-state index in [1.807, 2.05) is 6.07 Å². The molecule has 1 saturated carbocycles. The molecule has 0 bridgehead atoms. The van der Waals surface area contributed by atoms with Crippen molar-refractivity contribution in [3.8, 4) is 5.75 Å². The molecule has 1 aliphatic carbocycles. The molecule has 0 radical (unpaired) electrons. The van der Waals surface area contributed by atoms with Crippen LogP contribution < -0.4 is 10.1 Å². The van der Waals surface area contributed by atoms with Crippen LogP contribution in [0.1, 0.15) is 44.7 Å². The summed E-state index contributed by atoms with van der Waals surface area (Å²) in [7, 11) is 1.49. The molecule has 106 valence electrons. The van der Waals surface area contributed by atoms with E-state index < -0.39 is 0 Å². The van der Waals surface area contributed by atoms with E-state index in [0.717, 1.165) is 23.9 Å². The average Bonchev–Trinajstić information content (AvgIpc) is 2.81. The topological polar surface area (TPSA) is 21.3 Å². The highest BCUT2D eigenvalue weighted by atomic mass is 19.1. The Morgan fingerprint density at radius 3 is 2.79 bits per heavy atom. The van der Waals surface area contributed by atoms with Crippen LogP contribution in [0.3, 0.4) is 0 Å². The maximum atomic E-state index is 13.7. The third kappa shape index (κ3) is 3.69. The van der Waals surface area contributed by atoms with Crippen LogP contribution in [0.5, 0.6) is 5.75 Å². The van der Waals surface area contributed by atoms with Gasteiger partial charge < -0.3 is 10.1 Å². The molecule has 3 atom stereocenters. The predicted octanol–water partition coefficient (Wildman–Crippen LogP) is 3.92. The minimum atomic E-state index is -0.289. The fourth-order valence-electron chi connectivity index (χ4n) is 2.92. The summed E-state index contributed by atoms with van der Waals surface area (Å²) >= 11 is 0. The minimum absolute atomic E-state index is 0.177. The van der Waals surface area contributed by atoms with Crippen molar-refractivity contribution >= 4 is 0 Å². The van der Waals surface area contributed by atoms with Gasteiger partial charge in [0.2, 0.25) is 0 Å². The van der Waals surface area contributed by atoms with Gasteiger partial charge in [-0.15, -0.1) is 0 Å². The number of nitrogens with one attached hydrogen (secondary N) is 1. The lowest BCUT2D eigenvalue weighted by molar-refractivity contribution is 0.385. The fraction of sp³-hybridized carbons (Fsp3) is 0.625. The molecule has 1 N–H and O–H groups in total. The average molecular weight is 265 g/mol. The molecule has 3 heteroatoms. The predicted molar refractivity (Wildman–Crippen MR) is 75.9 cm³/mol. The second kappa shape index (κ2) is 6.38. The molecule has 19 heavy (non-hydrogen) atoms. The normalized spacial score (nSPS) is 24.4. The molecule has 1 aromatic rings. The van der Waals surface area contributed by atoms with Gasteiger partial charge in [0.15, 0.2) is 11.6 Å². The van der Waals surface area contributed by atoms with Gasteiger partial charge in [-0.1, -0.05) is 19.4 Å². The lowest BCUT2D eigenvalue weighted by Crippen LogP contribution is -2.24. The van der Waals surface area contributed by atoms with Crippen molar-refractivity contribution in [3.63, 3.8) is 0 Å². The van der Waals surface area contributed by atoms with Crippen molar-refractivity contribution in [1.29, 1.82) is 0 Å². The molecule has 0 heterocycles. The Morgan fingerprint density at radius 2 is 2.21 bits per heavy atom. The first-order valence-corrected chi connectivity index (χ1v) is 7.17. The summed E-state index contributed by atoms with van der Waals surface area (Å²) < 4.78 is 18.6. The van der Waals surface area contributed by atoms with Crippen molar-refractivity contribution in [2.24, 2.45) is 11.8 Å².